The van der Waals surface area contributed by atoms with Crippen molar-refractivity contribution in [3.8, 4) is 11.5 Å². The molecule has 0 atom stereocenters. The van der Waals surface area contributed by atoms with E-state index in [1.807, 2.05) is 37.3 Å². The van der Waals surface area contributed by atoms with Crippen molar-refractivity contribution in [3.05, 3.63) is 93.6 Å². The number of benzene rings is 3. The largest absolute Gasteiger partial charge is 0.490 e. The number of nitrogens with zero attached hydrogens (tertiary/aromatic N) is 1. The Morgan fingerprint density at radius 1 is 1.09 bits per heavy atom. The third kappa shape index (κ3) is 5.38. The third-order valence-electron chi connectivity index (χ3n) is 4.71. The maximum absolute atomic E-state index is 13.5. The molecule has 1 amide bonds. The lowest BCUT2D eigenvalue weighted by Gasteiger charge is -2.15. The van der Waals surface area contributed by atoms with Crippen LogP contribution in [0.4, 0.5) is 10.1 Å². The number of anilines is 1. The first-order valence-electron chi connectivity index (χ1n) is 10.1. The Morgan fingerprint density at radius 3 is 2.61 bits per heavy atom. The number of amides is 1. The topological polar surface area (TPSA) is 38.8 Å². The molecule has 0 radical (unpaired) electrons. The fourth-order valence-corrected chi connectivity index (χ4v) is 4.85. The maximum Gasteiger partial charge on any atom is 0.270 e. The number of ether oxygens (including phenoxy) is 2. The van der Waals surface area contributed by atoms with E-state index in [1.165, 1.54) is 28.8 Å². The van der Waals surface area contributed by atoms with Crippen LogP contribution in [0.5, 0.6) is 11.5 Å². The van der Waals surface area contributed by atoms with E-state index < -0.39 is 0 Å². The Hall–Kier alpha value is -2.87. The summed E-state index contributed by atoms with van der Waals surface area (Å²) >= 11 is 13.2. The van der Waals surface area contributed by atoms with Crippen molar-refractivity contribution < 1.29 is 18.7 Å². The second-order valence-electron chi connectivity index (χ2n) is 7.03. The quantitative estimate of drug-likeness (QED) is 0.262. The van der Waals surface area contributed by atoms with Crippen molar-refractivity contribution in [2.24, 2.45) is 0 Å². The van der Waals surface area contributed by atoms with Crippen LogP contribution in [0.1, 0.15) is 18.1 Å². The zero-order valence-corrected chi connectivity index (χ0v) is 20.0. The van der Waals surface area contributed by atoms with Gasteiger partial charge in [0.05, 0.1) is 22.2 Å². The minimum absolute atomic E-state index is 0.132. The second kappa shape index (κ2) is 10.4. The number of halogens is 2. The number of hydrogen-bond donors (Lipinski definition) is 0. The van der Waals surface area contributed by atoms with Crippen molar-refractivity contribution in [2.45, 2.75) is 13.5 Å². The summed E-state index contributed by atoms with van der Waals surface area (Å²) in [6.45, 7) is 2.38. The van der Waals surface area contributed by atoms with Gasteiger partial charge in [0.1, 0.15) is 12.4 Å². The van der Waals surface area contributed by atoms with Crippen LogP contribution in [0.15, 0.2) is 71.6 Å². The van der Waals surface area contributed by atoms with Crippen LogP contribution in [0.25, 0.3) is 6.08 Å². The summed E-state index contributed by atoms with van der Waals surface area (Å²) in [4.78, 5) is 15.0. The van der Waals surface area contributed by atoms with E-state index in [9.17, 15) is 9.18 Å². The second-order valence-corrected chi connectivity index (χ2v) is 9.12. The van der Waals surface area contributed by atoms with Gasteiger partial charge in [0.15, 0.2) is 15.8 Å². The third-order valence-corrected chi connectivity index (χ3v) is 6.29. The van der Waals surface area contributed by atoms with Crippen molar-refractivity contribution in [2.75, 3.05) is 11.5 Å². The predicted octanol–water partition coefficient (Wildman–Crippen LogP) is 6.86. The maximum atomic E-state index is 13.5. The van der Waals surface area contributed by atoms with Gasteiger partial charge in [-0.15, -0.1) is 0 Å². The SMILES string of the molecule is CCOc1cc(/C=C2/SC(=S)N(c3ccccc3)C2=O)cc(Cl)c1OCc1cccc(F)c1. The Labute approximate surface area is 206 Å². The number of thioether (sulfide) groups is 1. The van der Waals surface area contributed by atoms with Gasteiger partial charge in [-0.1, -0.05) is 65.9 Å². The van der Waals surface area contributed by atoms with Crippen LogP contribution in [-0.4, -0.2) is 16.8 Å². The summed E-state index contributed by atoms with van der Waals surface area (Å²) in [5, 5.41) is 0.321. The first-order chi connectivity index (χ1) is 16.0. The van der Waals surface area contributed by atoms with Crippen LogP contribution in [0.3, 0.4) is 0 Å². The zero-order valence-electron chi connectivity index (χ0n) is 17.6. The normalized spacial score (nSPS) is 14.8. The molecule has 0 aromatic heterocycles. The molecular weight excluding hydrogens is 481 g/mol. The molecule has 0 unspecified atom stereocenters. The summed E-state index contributed by atoms with van der Waals surface area (Å²) in [5.74, 6) is 0.259. The van der Waals surface area contributed by atoms with Crippen molar-refractivity contribution in [3.63, 3.8) is 0 Å². The summed E-state index contributed by atoms with van der Waals surface area (Å²) in [5.41, 5.74) is 2.06. The highest BCUT2D eigenvalue weighted by Crippen LogP contribution is 2.40. The van der Waals surface area contributed by atoms with Gasteiger partial charge in [-0.05, 0) is 60.5 Å². The van der Waals surface area contributed by atoms with Crippen LogP contribution in [0, 0.1) is 5.82 Å². The first-order valence-corrected chi connectivity index (χ1v) is 11.7. The number of carbonyl (C=O) groups is 1. The molecule has 0 N–H and O–H groups in total. The molecular formula is C25H19ClFNO3S2. The molecule has 0 spiro atoms. The van der Waals surface area contributed by atoms with Gasteiger partial charge >= 0.3 is 0 Å². The van der Waals surface area contributed by atoms with Gasteiger partial charge in [0.25, 0.3) is 5.91 Å². The van der Waals surface area contributed by atoms with E-state index in [-0.39, 0.29) is 18.3 Å². The van der Waals surface area contributed by atoms with Gasteiger partial charge < -0.3 is 9.47 Å². The van der Waals surface area contributed by atoms with Crippen molar-refractivity contribution in [1.82, 2.24) is 0 Å². The number of thiocarbonyl (C=S) groups is 1. The molecule has 1 fully saturated rings. The van der Waals surface area contributed by atoms with Gasteiger partial charge in [0.2, 0.25) is 0 Å². The van der Waals surface area contributed by atoms with Crippen LogP contribution in [0.2, 0.25) is 5.02 Å². The van der Waals surface area contributed by atoms with Crippen LogP contribution >= 0.6 is 35.6 Å². The molecule has 0 saturated carbocycles. The Kier molecular flexibility index (Phi) is 7.33. The average Bonchev–Trinajstić information content (AvgIpc) is 3.06. The van der Waals surface area contributed by atoms with E-state index in [0.717, 1.165) is 5.69 Å². The lowest BCUT2D eigenvalue weighted by molar-refractivity contribution is -0.113. The smallest absolute Gasteiger partial charge is 0.270 e. The van der Waals surface area contributed by atoms with Crippen molar-refractivity contribution in [1.29, 1.82) is 0 Å². The van der Waals surface area contributed by atoms with Gasteiger partial charge in [-0.25, -0.2) is 4.39 Å². The fourth-order valence-electron chi connectivity index (χ4n) is 3.28. The summed E-state index contributed by atoms with van der Waals surface area (Å²) in [6.07, 6.45) is 1.73. The van der Waals surface area contributed by atoms with E-state index in [2.05, 4.69) is 0 Å². The molecule has 33 heavy (non-hydrogen) atoms. The van der Waals surface area contributed by atoms with E-state index in [0.29, 0.717) is 43.5 Å². The molecule has 0 bridgehead atoms. The zero-order chi connectivity index (χ0) is 23.4. The van der Waals surface area contributed by atoms with Gasteiger partial charge in [0, 0.05) is 0 Å². The molecule has 1 aliphatic rings. The van der Waals surface area contributed by atoms with E-state index in [4.69, 9.17) is 33.3 Å². The summed E-state index contributed by atoms with van der Waals surface area (Å²) in [7, 11) is 0. The van der Waals surface area contributed by atoms with Gasteiger partial charge in [-0.2, -0.15) is 0 Å². The van der Waals surface area contributed by atoms with Crippen LogP contribution < -0.4 is 14.4 Å². The Morgan fingerprint density at radius 2 is 1.88 bits per heavy atom. The Bertz CT molecular complexity index is 1230. The fraction of sp³-hybridized carbons (Fsp3) is 0.120. The minimum Gasteiger partial charge on any atom is -0.490 e. The summed E-state index contributed by atoms with van der Waals surface area (Å²) in [6, 6.07) is 18.9. The molecule has 168 valence electrons. The van der Waals surface area contributed by atoms with Crippen LogP contribution in [-0.2, 0) is 11.4 Å². The highest BCUT2D eigenvalue weighted by atomic mass is 35.5. The molecule has 3 aromatic rings. The summed E-state index contributed by atoms with van der Waals surface area (Å²) < 4.78 is 25.5. The predicted molar refractivity (Wildman–Crippen MR) is 135 cm³/mol. The number of carbonyl (C=O) groups excluding carboxylic acids is 1. The van der Waals surface area contributed by atoms with E-state index >= 15 is 0 Å². The molecule has 1 heterocycles. The lowest BCUT2D eigenvalue weighted by atomic mass is 10.1. The van der Waals surface area contributed by atoms with E-state index in [1.54, 1.807) is 30.3 Å². The lowest BCUT2D eigenvalue weighted by Crippen LogP contribution is -2.27. The molecule has 1 aliphatic heterocycles. The molecule has 4 nitrogen and oxygen atoms in total. The molecule has 4 rings (SSSR count). The highest BCUT2D eigenvalue weighted by Gasteiger charge is 2.33. The number of rotatable bonds is 7. The standard InChI is InChI=1S/C25H19ClFNO3S2/c1-2-30-21-13-17(12-20(26)23(21)31-15-16-7-6-8-18(27)11-16)14-22-24(29)28(25(32)33-22)19-9-4-3-5-10-19/h3-14H,2,15H2,1H3/b22-14+. The first kappa shape index (κ1) is 23.3. The molecule has 1 saturated heterocycles. The monoisotopic (exact) mass is 499 g/mol. The molecule has 3 aromatic carbocycles. The number of hydrogen-bond acceptors (Lipinski definition) is 5. The van der Waals surface area contributed by atoms with Gasteiger partial charge in [-0.3, -0.25) is 9.69 Å². The molecule has 0 aliphatic carbocycles. The number of para-hydroxylation sites is 1. The Balaban J connectivity index is 1.60. The minimum atomic E-state index is -0.338. The highest BCUT2D eigenvalue weighted by molar-refractivity contribution is 8.27. The average molecular weight is 500 g/mol. The molecule has 8 heteroatoms. The van der Waals surface area contributed by atoms with Crippen molar-refractivity contribution >= 4 is 57.6 Å².